The monoisotopic (exact) mass is 523 g/mol. The van der Waals surface area contributed by atoms with Gasteiger partial charge >= 0.3 is 5.91 Å². The van der Waals surface area contributed by atoms with Crippen LogP contribution in [0.1, 0.15) is 16.5 Å². The number of methoxy groups -OCH3 is 2. The van der Waals surface area contributed by atoms with E-state index in [1.807, 2.05) is 0 Å². The fourth-order valence-corrected chi connectivity index (χ4v) is 5.86. The average molecular weight is 524 g/mol. The van der Waals surface area contributed by atoms with Gasteiger partial charge in [0.1, 0.15) is 23.3 Å². The van der Waals surface area contributed by atoms with Gasteiger partial charge in [0.15, 0.2) is 5.13 Å². The fourth-order valence-electron chi connectivity index (χ4n) is 4.01. The van der Waals surface area contributed by atoms with Crippen LogP contribution in [0.15, 0.2) is 59.5 Å². The van der Waals surface area contributed by atoms with E-state index in [2.05, 4.69) is 4.98 Å². The number of hydrogen-bond donors (Lipinski definition) is 1. The first-order valence-corrected chi connectivity index (χ1v) is 12.2. The summed E-state index contributed by atoms with van der Waals surface area (Å²) < 4.78 is 11.1. The highest BCUT2D eigenvalue weighted by Crippen LogP contribution is 2.46. The zero-order valence-corrected chi connectivity index (χ0v) is 20.5. The molecule has 2 aromatic carbocycles. The van der Waals surface area contributed by atoms with E-state index in [4.69, 9.17) is 9.47 Å². The Morgan fingerprint density at radius 2 is 1.94 bits per heavy atom. The number of aliphatic hydroxyl groups excluding tert-OH is 1. The van der Waals surface area contributed by atoms with Gasteiger partial charge in [-0.05, 0) is 35.7 Å². The number of Topliss-reactive ketones (excluding diaryl/α,β-unsaturated/α-hetero) is 1. The number of amides is 1. The topological polar surface area (TPSA) is 132 Å². The number of rotatable bonds is 6. The fraction of sp³-hybridized carbons (Fsp3) is 0.125. The van der Waals surface area contributed by atoms with Gasteiger partial charge in [-0.3, -0.25) is 24.6 Å². The number of nitrogens with zero attached hydrogens (tertiary/aromatic N) is 3. The Labute approximate surface area is 211 Å². The lowest BCUT2D eigenvalue weighted by Gasteiger charge is -2.21. The van der Waals surface area contributed by atoms with Crippen molar-refractivity contribution in [2.24, 2.45) is 0 Å². The molecule has 3 heterocycles. The third-order valence-corrected chi connectivity index (χ3v) is 7.64. The molecule has 2 aromatic heterocycles. The van der Waals surface area contributed by atoms with Crippen LogP contribution in [-0.2, 0) is 9.59 Å². The molecule has 1 fully saturated rings. The van der Waals surface area contributed by atoms with Crippen LogP contribution in [0.4, 0.5) is 10.8 Å². The van der Waals surface area contributed by atoms with Gasteiger partial charge in [0.05, 0.1) is 40.5 Å². The van der Waals surface area contributed by atoms with Gasteiger partial charge in [0, 0.05) is 17.0 Å². The van der Waals surface area contributed by atoms with Crippen LogP contribution in [0.3, 0.4) is 0 Å². The Bertz CT molecular complexity index is 1560. The Morgan fingerprint density at radius 1 is 1.14 bits per heavy atom. The number of benzene rings is 2. The molecule has 1 N–H and O–H groups in total. The molecule has 0 bridgehead atoms. The van der Waals surface area contributed by atoms with Crippen molar-refractivity contribution in [2.45, 2.75) is 6.04 Å². The first kappa shape index (κ1) is 23.5. The van der Waals surface area contributed by atoms with Crippen molar-refractivity contribution in [3.8, 4) is 11.5 Å². The largest absolute Gasteiger partial charge is 0.507 e. The molecule has 0 saturated carbocycles. The van der Waals surface area contributed by atoms with Crippen molar-refractivity contribution in [3.05, 3.63) is 80.0 Å². The highest BCUT2D eigenvalue weighted by atomic mass is 32.1. The number of nitro benzene ring substituents is 1. The molecular formula is C24H17N3O7S2. The summed E-state index contributed by atoms with van der Waals surface area (Å²) in [6.07, 6.45) is 0. The number of ketones is 1. The first-order valence-electron chi connectivity index (χ1n) is 10.5. The van der Waals surface area contributed by atoms with Crippen LogP contribution in [-0.4, -0.2) is 40.9 Å². The van der Waals surface area contributed by atoms with E-state index in [-0.39, 0.29) is 27.7 Å². The van der Waals surface area contributed by atoms with Gasteiger partial charge in [-0.1, -0.05) is 17.4 Å². The van der Waals surface area contributed by atoms with Crippen molar-refractivity contribution in [1.29, 1.82) is 0 Å². The van der Waals surface area contributed by atoms with Crippen LogP contribution < -0.4 is 14.4 Å². The lowest BCUT2D eigenvalue weighted by Crippen LogP contribution is -2.28. The van der Waals surface area contributed by atoms with Crippen molar-refractivity contribution in [1.82, 2.24) is 4.98 Å². The maximum Gasteiger partial charge on any atom is 0.301 e. The standard InChI is InChI=1S/C24H17N3O7S2/c1-33-13-6-8-16(34-2)14(11-13)21(28)19-20(17-4-3-9-35-17)26(23(30)22(19)29)24-25-15-7-5-12(27(31)32)10-18(15)36-24/h3-11,20,28H,1-2H3/b21-19+. The van der Waals surface area contributed by atoms with Crippen molar-refractivity contribution < 1.29 is 29.1 Å². The summed E-state index contributed by atoms with van der Waals surface area (Å²) in [6, 6.07) is 11.5. The molecule has 1 unspecified atom stereocenters. The molecule has 12 heteroatoms. The summed E-state index contributed by atoms with van der Waals surface area (Å²) >= 11 is 2.36. The molecule has 5 rings (SSSR count). The van der Waals surface area contributed by atoms with E-state index >= 15 is 0 Å². The maximum absolute atomic E-state index is 13.3. The van der Waals surface area contributed by atoms with Gasteiger partial charge in [-0.25, -0.2) is 4.98 Å². The second kappa shape index (κ2) is 9.06. The summed E-state index contributed by atoms with van der Waals surface area (Å²) in [4.78, 5) is 43.7. The number of thiophene rings is 1. The summed E-state index contributed by atoms with van der Waals surface area (Å²) in [5.41, 5.74) is 0.400. The molecule has 36 heavy (non-hydrogen) atoms. The van der Waals surface area contributed by atoms with Crippen LogP contribution in [0.25, 0.3) is 16.0 Å². The number of carbonyl (C=O) groups is 2. The number of hydrogen-bond acceptors (Lipinski definition) is 10. The van der Waals surface area contributed by atoms with Gasteiger partial charge in [-0.2, -0.15) is 0 Å². The van der Waals surface area contributed by atoms with E-state index in [1.54, 1.807) is 29.6 Å². The molecule has 0 aliphatic carbocycles. The maximum atomic E-state index is 13.3. The molecule has 1 amide bonds. The minimum atomic E-state index is -0.962. The van der Waals surface area contributed by atoms with Gasteiger partial charge in [0.2, 0.25) is 0 Å². The molecule has 0 radical (unpaired) electrons. The number of anilines is 1. The molecule has 1 aliphatic heterocycles. The molecule has 1 saturated heterocycles. The number of thiazole rings is 1. The molecule has 1 atom stereocenters. The summed E-state index contributed by atoms with van der Waals surface area (Å²) in [5.74, 6) is -1.46. The van der Waals surface area contributed by atoms with Gasteiger partial charge in [-0.15, -0.1) is 11.3 Å². The van der Waals surface area contributed by atoms with E-state index < -0.39 is 28.4 Å². The number of fused-ring (bicyclic) bond motifs is 1. The molecule has 0 spiro atoms. The van der Waals surface area contributed by atoms with E-state index in [9.17, 15) is 24.8 Å². The summed E-state index contributed by atoms with van der Waals surface area (Å²) in [5, 5.41) is 24.5. The number of non-ortho nitro benzene ring substituents is 1. The Hall–Kier alpha value is -4.29. The molecular weight excluding hydrogens is 506 g/mol. The lowest BCUT2D eigenvalue weighted by atomic mass is 9.99. The van der Waals surface area contributed by atoms with Crippen LogP contribution >= 0.6 is 22.7 Å². The highest BCUT2D eigenvalue weighted by Gasteiger charge is 2.49. The molecule has 1 aliphatic rings. The lowest BCUT2D eigenvalue weighted by molar-refractivity contribution is -0.384. The Morgan fingerprint density at radius 3 is 2.61 bits per heavy atom. The summed E-state index contributed by atoms with van der Waals surface area (Å²) in [7, 11) is 2.89. The van der Waals surface area contributed by atoms with Crippen molar-refractivity contribution in [2.75, 3.05) is 19.1 Å². The predicted molar refractivity (Wildman–Crippen MR) is 135 cm³/mol. The Kier molecular flexibility index (Phi) is 5.90. The highest BCUT2D eigenvalue weighted by molar-refractivity contribution is 7.22. The number of ether oxygens (including phenoxy) is 2. The second-order valence-corrected chi connectivity index (χ2v) is 9.64. The van der Waals surface area contributed by atoms with E-state index in [0.29, 0.717) is 20.8 Å². The van der Waals surface area contributed by atoms with E-state index in [0.717, 1.165) is 11.3 Å². The summed E-state index contributed by atoms with van der Waals surface area (Å²) in [6.45, 7) is 0. The van der Waals surface area contributed by atoms with Gasteiger partial charge in [0.25, 0.3) is 11.5 Å². The zero-order chi connectivity index (χ0) is 25.6. The smallest absolute Gasteiger partial charge is 0.301 e. The van der Waals surface area contributed by atoms with E-state index in [1.165, 1.54) is 54.7 Å². The second-order valence-electron chi connectivity index (χ2n) is 7.66. The average Bonchev–Trinajstić information content (AvgIpc) is 3.61. The number of carbonyl (C=O) groups excluding carboxylic acids is 2. The number of nitro groups is 1. The van der Waals surface area contributed by atoms with Crippen molar-refractivity contribution >= 4 is 61.2 Å². The SMILES string of the molecule is COc1ccc(OC)c(/C(O)=C2\C(=O)C(=O)N(c3nc4ccc([N+](=O)[O-])cc4s3)C2c2cccs2)c1. The van der Waals surface area contributed by atoms with Crippen LogP contribution in [0, 0.1) is 10.1 Å². The van der Waals surface area contributed by atoms with Crippen LogP contribution in [0.2, 0.25) is 0 Å². The third kappa shape index (κ3) is 3.76. The predicted octanol–water partition coefficient (Wildman–Crippen LogP) is 4.91. The van der Waals surface area contributed by atoms with Gasteiger partial charge < -0.3 is 14.6 Å². The minimum Gasteiger partial charge on any atom is -0.507 e. The molecule has 4 aromatic rings. The Balaban J connectivity index is 1.71. The number of aliphatic hydroxyl groups is 1. The van der Waals surface area contributed by atoms with Crippen molar-refractivity contribution in [3.63, 3.8) is 0 Å². The molecule has 182 valence electrons. The minimum absolute atomic E-state index is 0.111. The first-order chi connectivity index (χ1) is 17.3. The number of aromatic nitrogens is 1. The zero-order valence-electron chi connectivity index (χ0n) is 18.8. The molecule has 10 nitrogen and oxygen atoms in total. The third-order valence-electron chi connectivity index (χ3n) is 5.70. The quantitative estimate of drug-likeness (QED) is 0.124. The van der Waals surface area contributed by atoms with Crippen LogP contribution in [0.5, 0.6) is 11.5 Å². The normalized spacial score (nSPS) is 17.1.